The largest absolute Gasteiger partial charge is 0.441 e. The summed E-state index contributed by atoms with van der Waals surface area (Å²) in [7, 11) is 0. The maximum absolute atomic E-state index is 12.6. The first-order chi connectivity index (χ1) is 13.6. The average Bonchev–Trinajstić information content (AvgIpc) is 3.25. The Bertz CT molecular complexity index is 807. The Hall–Kier alpha value is -2.22. The SMILES string of the molecule is Cc1oc(-c2ccccc2)nc1CC(=O)N[C@H]1C[C@H]2CO[C@@H](CCO)CN2C1. The van der Waals surface area contributed by atoms with Crippen molar-refractivity contribution in [3.63, 3.8) is 0 Å². The third-order valence-corrected chi connectivity index (χ3v) is 5.55. The molecule has 1 aromatic heterocycles. The fraction of sp³-hybridized carbons (Fsp3) is 0.524. The Morgan fingerprint density at radius 2 is 2.14 bits per heavy atom. The van der Waals surface area contributed by atoms with Crippen LogP contribution in [0.3, 0.4) is 0 Å². The number of nitrogens with one attached hydrogen (secondary N) is 1. The van der Waals surface area contributed by atoms with Gasteiger partial charge in [-0.2, -0.15) is 0 Å². The molecule has 0 saturated carbocycles. The molecule has 2 fully saturated rings. The summed E-state index contributed by atoms with van der Waals surface area (Å²) in [5, 5.41) is 12.2. The van der Waals surface area contributed by atoms with Gasteiger partial charge in [-0.1, -0.05) is 18.2 Å². The second-order valence-electron chi connectivity index (χ2n) is 7.64. The first kappa shape index (κ1) is 19.1. The van der Waals surface area contributed by atoms with E-state index in [1.165, 1.54) is 0 Å². The number of aliphatic hydroxyl groups is 1. The van der Waals surface area contributed by atoms with Crippen LogP contribution in [0, 0.1) is 6.92 Å². The summed E-state index contributed by atoms with van der Waals surface area (Å²) >= 11 is 0. The van der Waals surface area contributed by atoms with Crippen LogP contribution >= 0.6 is 0 Å². The van der Waals surface area contributed by atoms with E-state index in [9.17, 15) is 4.79 Å². The molecular formula is C21H27N3O4. The van der Waals surface area contributed by atoms with Crippen LogP contribution in [0.15, 0.2) is 34.7 Å². The van der Waals surface area contributed by atoms with Crippen molar-refractivity contribution in [1.82, 2.24) is 15.2 Å². The molecule has 0 aliphatic carbocycles. The fourth-order valence-electron chi connectivity index (χ4n) is 4.09. The highest BCUT2D eigenvalue weighted by molar-refractivity contribution is 5.78. The molecule has 2 saturated heterocycles. The third kappa shape index (κ3) is 4.27. The number of carbonyl (C=O) groups is 1. The number of aryl methyl sites for hydroxylation is 1. The van der Waals surface area contributed by atoms with Crippen LogP contribution in [0.1, 0.15) is 24.3 Å². The van der Waals surface area contributed by atoms with Crippen molar-refractivity contribution < 1.29 is 19.1 Å². The quantitative estimate of drug-likeness (QED) is 0.784. The van der Waals surface area contributed by atoms with Gasteiger partial charge in [-0.15, -0.1) is 0 Å². The zero-order chi connectivity index (χ0) is 19.5. The summed E-state index contributed by atoms with van der Waals surface area (Å²) in [5.41, 5.74) is 1.58. The average molecular weight is 385 g/mol. The van der Waals surface area contributed by atoms with Gasteiger partial charge in [-0.05, 0) is 31.9 Å². The minimum atomic E-state index is -0.0336. The Kier molecular flexibility index (Phi) is 5.75. The first-order valence-corrected chi connectivity index (χ1v) is 9.90. The van der Waals surface area contributed by atoms with E-state index >= 15 is 0 Å². The van der Waals surface area contributed by atoms with Crippen molar-refractivity contribution in [1.29, 1.82) is 0 Å². The topological polar surface area (TPSA) is 87.8 Å². The van der Waals surface area contributed by atoms with Gasteiger partial charge >= 0.3 is 0 Å². The maximum atomic E-state index is 12.6. The first-order valence-electron chi connectivity index (χ1n) is 9.90. The minimum Gasteiger partial charge on any atom is -0.441 e. The molecule has 0 radical (unpaired) electrons. The summed E-state index contributed by atoms with van der Waals surface area (Å²) in [4.78, 5) is 19.4. The van der Waals surface area contributed by atoms with Crippen LogP contribution in [-0.4, -0.2) is 65.4 Å². The molecule has 1 aromatic carbocycles. The molecule has 0 spiro atoms. The van der Waals surface area contributed by atoms with Crippen molar-refractivity contribution in [3.8, 4) is 11.5 Å². The molecule has 2 aliphatic heterocycles. The minimum absolute atomic E-state index is 0.0336. The highest BCUT2D eigenvalue weighted by Gasteiger charge is 2.37. The molecule has 2 N–H and O–H groups in total. The van der Waals surface area contributed by atoms with E-state index in [1.807, 2.05) is 37.3 Å². The zero-order valence-electron chi connectivity index (χ0n) is 16.1. The molecule has 2 aliphatic rings. The summed E-state index contributed by atoms with van der Waals surface area (Å²) < 4.78 is 11.6. The van der Waals surface area contributed by atoms with Gasteiger partial charge in [-0.25, -0.2) is 4.98 Å². The predicted octanol–water partition coefficient (Wildman–Crippen LogP) is 1.53. The fourth-order valence-corrected chi connectivity index (χ4v) is 4.09. The number of nitrogens with zero attached hydrogens (tertiary/aromatic N) is 2. The Morgan fingerprint density at radius 3 is 2.93 bits per heavy atom. The molecule has 1 amide bonds. The number of hydrogen-bond donors (Lipinski definition) is 2. The normalized spacial score (nSPS) is 24.9. The van der Waals surface area contributed by atoms with E-state index in [0.717, 1.165) is 25.1 Å². The molecule has 0 bridgehead atoms. The van der Waals surface area contributed by atoms with Gasteiger partial charge in [0.15, 0.2) is 0 Å². The Labute approximate surface area is 164 Å². The second-order valence-corrected chi connectivity index (χ2v) is 7.64. The second kappa shape index (κ2) is 8.43. The van der Waals surface area contributed by atoms with Gasteiger partial charge in [0.25, 0.3) is 0 Å². The number of aliphatic hydroxyl groups excluding tert-OH is 1. The van der Waals surface area contributed by atoms with Crippen LogP contribution in [0.5, 0.6) is 0 Å². The van der Waals surface area contributed by atoms with E-state index in [-0.39, 0.29) is 31.1 Å². The van der Waals surface area contributed by atoms with Gasteiger partial charge in [0.05, 0.1) is 24.8 Å². The lowest BCUT2D eigenvalue weighted by atomic mass is 10.1. The number of benzene rings is 1. The van der Waals surface area contributed by atoms with Crippen molar-refractivity contribution in [2.24, 2.45) is 0 Å². The molecule has 3 heterocycles. The summed E-state index contributed by atoms with van der Waals surface area (Å²) in [6.45, 7) is 4.30. The molecule has 7 heteroatoms. The van der Waals surface area contributed by atoms with Crippen molar-refractivity contribution >= 4 is 5.91 Å². The van der Waals surface area contributed by atoms with Crippen LogP contribution in [-0.2, 0) is 16.0 Å². The lowest BCUT2D eigenvalue weighted by Crippen LogP contribution is -2.46. The highest BCUT2D eigenvalue weighted by Crippen LogP contribution is 2.25. The van der Waals surface area contributed by atoms with Crippen LogP contribution < -0.4 is 5.32 Å². The van der Waals surface area contributed by atoms with E-state index in [2.05, 4.69) is 15.2 Å². The predicted molar refractivity (Wildman–Crippen MR) is 104 cm³/mol. The lowest BCUT2D eigenvalue weighted by molar-refractivity contribution is -0.121. The number of aromatic nitrogens is 1. The summed E-state index contributed by atoms with van der Waals surface area (Å²) in [5.74, 6) is 1.19. The lowest BCUT2D eigenvalue weighted by Gasteiger charge is -2.34. The van der Waals surface area contributed by atoms with Crippen LogP contribution in [0.4, 0.5) is 0 Å². The molecule has 0 unspecified atom stereocenters. The van der Waals surface area contributed by atoms with E-state index in [1.54, 1.807) is 0 Å². The molecule has 2 aromatic rings. The number of amides is 1. The van der Waals surface area contributed by atoms with E-state index in [4.69, 9.17) is 14.3 Å². The van der Waals surface area contributed by atoms with Crippen molar-refractivity contribution in [2.45, 2.75) is 44.4 Å². The summed E-state index contributed by atoms with van der Waals surface area (Å²) in [6, 6.07) is 10.2. The zero-order valence-corrected chi connectivity index (χ0v) is 16.1. The molecule has 3 atom stereocenters. The molecular weight excluding hydrogens is 358 g/mol. The molecule has 7 nitrogen and oxygen atoms in total. The number of carbonyl (C=O) groups excluding carboxylic acids is 1. The van der Waals surface area contributed by atoms with Crippen molar-refractivity contribution in [3.05, 3.63) is 41.8 Å². The maximum Gasteiger partial charge on any atom is 0.226 e. The van der Waals surface area contributed by atoms with Gasteiger partial charge in [0, 0.05) is 37.3 Å². The van der Waals surface area contributed by atoms with Gasteiger partial charge < -0.3 is 19.6 Å². The van der Waals surface area contributed by atoms with Gasteiger partial charge in [0.2, 0.25) is 11.8 Å². The van der Waals surface area contributed by atoms with E-state index < -0.39 is 0 Å². The summed E-state index contributed by atoms with van der Waals surface area (Å²) in [6.07, 6.45) is 1.86. The van der Waals surface area contributed by atoms with Crippen LogP contribution in [0.2, 0.25) is 0 Å². The molecule has 150 valence electrons. The number of ether oxygens (including phenoxy) is 1. The van der Waals surface area contributed by atoms with Gasteiger partial charge in [-0.3, -0.25) is 9.69 Å². The van der Waals surface area contributed by atoms with Crippen LogP contribution in [0.25, 0.3) is 11.5 Å². The highest BCUT2D eigenvalue weighted by atomic mass is 16.5. The monoisotopic (exact) mass is 385 g/mol. The number of oxazole rings is 1. The molecule has 4 rings (SSSR count). The number of rotatable bonds is 6. The standard InChI is InChI=1S/C21H27N3O4/c1-14-19(23-21(28-14)15-5-3-2-4-6-15)10-20(26)22-16-9-17-13-27-18(7-8-25)12-24(17)11-16/h2-6,16-18,25H,7-13H2,1H3,(H,22,26)/t16-,17-,18-/m0/s1. The number of morpholine rings is 1. The van der Waals surface area contributed by atoms with E-state index in [0.29, 0.717) is 36.4 Å². The Balaban J connectivity index is 1.32. The third-order valence-electron chi connectivity index (χ3n) is 5.55. The smallest absolute Gasteiger partial charge is 0.226 e. The number of hydrogen-bond acceptors (Lipinski definition) is 6. The Morgan fingerprint density at radius 1 is 1.32 bits per heavy atom. The van der Waals surface area contributed by atoms with Gasteiger partial charge in [0.1, 0.15) is 5.76 Å². The molecule has 28 heavy (non-hydrogen) atoms. The number of fused-ring (bicyclic) bond motifs is 1. The van der Waals surface area contributed by atoms with Crippen molar-refractivity contribution in [2.75, 3.05) is 26.3 Å².